The first-order valence-corrected chi connectivity index (χ1v) is 8.76. The lowest BCUT2D eigenvalue weighted by Crippen LogP contribution is -2.00. The van der Waals surface area contributed by atoms with Crippen molar-refractivity contribution < 1.29 is 26.7 Å². The Morgan fingerprint density at radius 2 is 1.50 bits per heavy atom. The average Bonchev–Trinajstić information content (AvgIpc) is 2.71. The van der Waals surface area contributed by atoms with E-state index in [0.29, 0.717) is 6.42 Å². The normalized spacial score (nSPS) is 12.2. The standard InChI is InChI=1S/C22H17F5O/c1-3-12-5-7-13(8-6-12)18(23)19(24)15-11-14-9-10-16(28-4-2)21(26)17(14)22(27)20(15)25/h5-11H,3-4H2,1-2H3. The Bertz CT molecular complexity index is 1050. The van der Waals surface area contributed by atoms with Crippen molar-refractivity contribution in [1.29, 1.82) is 0 Å². The number of hydrogen-bond donors (Lipinski definition) is 0. The Morgan fingerprint density at radius 1 is 0.821 bits per heavy atom. The molecule has 0 saturated carbocycles. The van der Waals surface area contributed by atoms with Gasteiger partial charge in [-0.15, -0.1) is 0 Å². The molecule has 146 valence electrons. The molecular weight excluding hydrogens is 375 g/mol. The summed E-state index contributed by atoms with van der Waals surface area (Å²) < 4.78 is 77.5. The molecule has 0 aromatic heterocycles. The number of ether oxygens (including phenoxy) is 1. The second kappa shape index (κ2) is 8.00. The Labute approximate surface area is 159 Å². The number of fused-ring (bicyclic) bond motifs is 1. The van der Waals surface area contributed by atoms with Gasteiger partial charge in [0.05, 0.1) is 17.6 Å². The molecule has 3 rings (SSSR count). The monoisotopic (exact) mass is 392 g/mol. The quantitative estimate of drug-likeness (QED) is 0.336. The van der Waals surface area contributed by atoms with E-state index in [9.17, 15) is 22.0 Å². The molecule has 0 aliphatic heterocycles. The second-order valence-corrected chi connectivity index (χ2v) is 6.14. The molecule has 0 radical (unpaired) electrons. The minimum Gasteiger partial charge on any atom is -0.491 e. The third-order valence-corrected chi connectivity index (χ3v) is 4.43. The van der Waals surface area contributed by atoms with Gasteiger partial charge in [0, 0.05) is 5.56 Å². The zero-order chi connectivity index (χ0) is 20.4. The van der Waals surface area contributed by atoms with E-state index in [-0.39, 0.29) is 23.3 Å². The van der Waals surface area contributed by atoms with Crippen LogP contribution in [0.15, 0.2) is 42.5 Å². The summed E-state index contributed by atoms with van der Waals surface area (Å²) in [5.74, 6) is -7.50. The highest BCUT2D eigenvalue weighted by atomic mass is 19.2. The van der Waals surface area contributed by atoms with Crippen molar-refractivity contribution in [3.8, 4) is 5.75 Å². The first-order valence-electron chi connectivity index (χ1n) is 8.76. The van der Waals surface area contributed by atoms with Gasteiger partial charge in [-0.1, -0.05) is 37.3 Å². The van der Waals surface area contributed by atoms with Gasteiger partial charge in [0.1, 0.15) is 0 Å². The van der Waals surface area contributed by atoms with Crippen LogP contribution >= 0.6 is 0 Å². The molecule has 0 saturated heterocycles. The molecule has 6 heteroatoms. The second-order valence-electron chi connectivity index (χ2n) is 6.14. The Morgan fingerprint density at radius 3 is 2.11 bits per heavy atom. The summed E-state index contributed by atoms with van der Waals surface area (Å²) in [4.78, 5) is 0. The van der Waals surface area contributed by atoms with Crippen LogP contribution in [0.3, 0.4) is 0 Å². The third kappa shape index (κ3) is 3.46. The highest BCUT2D eigenvalue weighted by Gasteiger charge is 2.23. The SMILES string of the molecule is CCOc1ccc2cc(C(F)=C(F)c3ccc(CC)cc3)c(F)c(F)c2c1F. The maximum Gasteiger partial charge on any atom is 0.175 e. The lowest BCUT2D eigenvalue weighted by molar-refractivity contribution is 0.322. The van der Waals surface area contributed by atoms with E-state index >= 15 is 0 Å². The van der Waals surface area contributed by atoms with Gasteiger partial charge in [0.2, 0.25) is 0 Å². The van der Waals surface area contributed by atoms with Crippen LogP contribution in [0.2, 0.25) is 0 Å². The van der Waals surface area contributed by atoms with Crippen LogP contribution in [-0.2, 0) is 6.42 Å². The topological polar surface area (TPSA) is 9.23 Å². The van der Waals surface area contributed by atoms with Crippen LogP contribution in [0.5, 0.6) is 5.75 Å². The first kappa shape index (κ1) is 19.9. The highest BCUT2D eigenvalue weighted by molar-refractivity contribution is 5.91. The molecule has 0 aliphatic carbocycles. The van der Waals surface area contributed by atoms with E-state index in [1.807, 2.05) is 6.92 Å². The fourth-order valence-corrected chi connectivity index (χ4v) is 2.92. The van der Waals surface area contributed by atoms with Crippen LogP contribution in [-0.4, -0.2) is 6.61 Å². The van der Waals surface area contributed by atoms with E-state index in [0.717, 1.165) is 11.6 Å². The van der Waals surface area contributed by atoms with Crippen molar-refractivity contribution in [3.05, 3.63) is 76.6 Å². The van der Waals surface area contributed by atoms with Gasteiger partial charge >= 0.3 is 0 Å². The van der Waals surface area contributed by atoms with E-state index in [2.05, 4.69) is 0 Å². The molecule has 3 aromatic carbocycles. The molecule has 0 N–H and O–H groups in total. The third-order valence-electron chi connectivity index (χ3n) is 4.43. The number of rotatable bonds is 5. The maximum absolute atomic E-state index is 14.6. The van der Waals surface area contributed by atoms with E-state index in [1.165, 1.54) is 24.3 Å². The summed E-state index contributed by atoms with van der Waals surface area (Å²) in [5.41, 5.74) is -0.0985. The fraction of sp³-hybridized carbons (Fsp3) is 0.182. The Balaban J connectivity index is 2.16. The fourth-order valence-electron chi connectivity index (χ4n) is 2.92. The molecule has 0 amide bonds. The largest absolute Gasteiger partial charge is 0.491 e. The highest BCUT2D eigenvalue weighted by Crippen LogP contribution is 2.36. The van der Waals surface area contributed by atoms with Gasteiger partial charge in [-0.05, 0) is 36.4 Å². The molecule has 0 spiro atoms. The van der Waals surface area contributed by atoms with Crippen molar-refractivity contribution in [2.45, 2.75) is 20.3 Å². The summed E-state index contributed by atoms with van der Waals surface area (Å²) in [6.45, 7) is 3.65. The lowest BCUT2D eigenvalue weighted by atomic mass is 10.0. The van der Waals surface area contributed by atoms with E-state index in [1.54, 1.807) is 19.1 Å². The lowest BCUT2D eigenvalue weighted by Gasteiger charge is -2.11. The number of hydrogen-bond acceptors (Lipinski definition) is 1. The predicted molar refractivity (Wildman–Crippen MR) is 99.8 cm³/mol. The number of halogens is 5. The molecule has 0 aliphatic rings. The summed E-state index contributed by atoms with van der Waals surface area (Å²) in [7, 11) is 0. The smallest absolute Gasteiger partial charge is 0.175 e. The minimum absolute atomic E-state index is 0.104. The molecule has 0 atom stereocenters. The molecular formula is C22H17F5O. The molecule has 1 nitrogen and oxygen atoms in total. The van der Waals surface area contributed by atoms with Crippen molar-refractivity contribution >= 4 is 22.4 Å². The number of benzene rings is 3. The predicted octanol–water partition coefficient (Wildman–Crippen LogP) is 6.98. The van der Waals surface area contributed by atoms with Crippen molar-refractivity contribution in [3.63, 3.8) is 0 Å². The van der Waals surface area contributed by atoms with Gasteiger partial charge < -0.3 is 4.74 Å². The number of aryl methyl sites for hydroxylation is 1. The summed E-state index contributed by atoms with van der Waals surface area (Å²) in [6.07, 6.45) is 0.716. The Hall–Kier alpha value is -2.89. The molecule has 3 aromatic rings. The Kier molecular flexibility index (Phi) is 5.68. The summed E-state index contributed by atoms with van der Waals surface area (Å²) >= 11 is 0. The zero-order valence-corrected chi connectivity index (χ0v) is 15.3. The summed E-state index contributed by atoms with van der Waals surface area (Å²) in [5, 5.41) is -0.785. The van der Waals surface area contributed by atoms with Crippen LogP contribution in [0.25, 0.3) is 22.4 Å². The minimum atomic E-state index is -1.67. The van der Waals surface area contributed by atoms with Gasteiger partial charge in [0.15, 0.2) is 34.9 Å². The van der Waals surface area contributed by atoms with Gasteiger partial charge in [-0.2, -0.15) is 0 Å². The maximum atomic E-state index is 14.6. The van der Waals surface area contributed by atoms with Gasteiger partial charge in [-0.25, -0.2) is 22.0 Å². The van der Waals surface area contributed by atoms with Crippen LogP contribution in [0.1, 0.15) is 30.5 Å². The van der Waals surface area contributed by atoms with Crippen LogP contribution < -0.4 is 4.74 Å². The first-order chi connectivity index (χ1) is 13.4. The summed E-state index contributed by atoms with van der Waals surface area (Å²) in [6, 6.07) is 9.31. The van der Waals surface area contributed by atoms with Crippen molar-refractivity contribution in [2.75, 3.05) is 6.61 Å². The average molecular weight is 392 g/mol. The van der Waals surface area contributed by atoms with E-state index < -0.39 is 40.1 Å². The van der Waals surface area contributed by atoms with E-state index in [4.69, 9.17) is 4.74 Å². The molecule has 0 unspecified atom stereocenters. The zero-order valence-electron chi connectivity index (χ0n) is 15.3. The van der Waals surface area contributed by atoms with Crippen molar-refractivity contribution in [1.82, 2.24) is 0 Å². The van der Waals surface area contributed by atoms with Crippen LogP contribution in [0, 0.1) is 17.5 Å². The van der Waals surface area contributed by atoms with Crippen LogP contribution in [0.4, 0.5) is 22.0 Å². The molecule has 28 heavy (non-hydrogen) atoms. The molecule has 0 heterocycles. The molecule has 0 bridgehead atoms. The van der Waals surface area contributed by atoms with Gasteiger partial charge in [-0.3, -0.25) is 0 Å². The van der Waals surface area contributed by atoms with Crippen molar-refractivity contribution in [2.24, 2.45) is 0 Å². The van der Waals surface area contributed by atoms with Gasteiger partial charge in [0.25, 0.3) is 0 Å². The molecule has 0 fully saturated rings.